The molecule has 0 atom stereocenters. The Morgan fingerprint density at radius 1 is 1.37 bits per heavy atom. The zero-order valence-corrected chi connectivity index (χ0v) is 11.0. The molecule has 0 unspecified atom stereocenters. The van der Waals surface area contributed by atoms with Gasteiger partial charge < -0.3 is 15.3 Å². The number of rotatable bonds is 6. The van der Waals surface area contributed by atoms with Crippen molar-refractivity contribution in [3.8, 4) is 5.95 Å². The Labute approximate surface area is 111 Å². The second kappa shape index (κ2) is 6.10. The van der Waals surface area contributed by atoms with Gasteiger partial charge in [0, 0.05) is 32.5 Å². The summed E-state index contributed by atoms with van der Waals surface area (Å²) >= 11 is 0. The van der Waals surface area contributed by atoms with E-state index < -0.39 is 0 Å². The number of aliphatic hydroxyl groups excluding tert-OH is 1. The number of nitrogens with one attached hydrogen (secondary N) is 1. The number of hydrogen-bond acceptors (Lipinski definition) is 7. The number of hydrogen-bond donors (Lipinski definition) is 2. The van der Waals surface area contributed by atoms with Crippen LogP contribution >= 0.6 is 0 Å². The second-order valence-electron chi connectivity index (χ2n) is 3.90. The smallest absolute Gasteiger partial charge is 0.241 e. The van der Waals surface area contributed by atoms with Crippen LogP contribution in [0, 0.1) is 0 Å². The van der Waals surface area contributed by atoms with Crippen molar-refractivity contribution >= 4 is 11.9 Å². The molecule has 0 aromatic carbocycles. The summed E-state index contributed by atoms with van der Waals surface area (Å²) in [6.45, 7) is 3.19. The maximum Gasteiger partial charge on any atom is 0.241 e. The Bertz CT molecular complexity index is 514. The molecule has 0 bridgehead atoms. The van der Waals surface area contributed by atoms with Crippen LogP contribution in [-0.2, 0) is 0 Å². The number of imidazole rings is 1. The summed E-state index contributed by atoms with van der Waals surface area (Å²) in [6.07, 6.45) is 5.05. The van der Waals surface area contributed by atoms with Gasteiger partial charge in [0.2, 0.25) is 17.8 Å². The molecule has 0 aliphatic carbocycles. The van der Waals surface area contributed by atoms with Gasteiger partial charge in [-0.05, 0) is 6.92 Å². The highest BCUT2D eigenvalue weighted by Crippen LogP contribution is 2.11. The monoisotopic (exact) mass is 263 g/mol. The van der Waals surface area contributed by atoms with Gasteiger partial charge in [-0.3, -0.25) is 4.57 Å². The summed E-state index contributed by atoms with van der Waals surface area (Å²) in [7, 11) is 1.82. The fraction of sp³-hybridized carbons (Fsp3) is 0.455. The molecule has 2 aromatic heterocycles. The van der Waals surface area contributed by atoms with E-state index in [2.05, 4.69) is 25.3 Å². The number of anilines is 2. The van der Waals surface area contributed by atoms with Crippen LogP contribution in [0.5, 0.6) is 0 Å². The van der Waals surface area contributed by atoms with Crippen molar-refractivity contribution in [3.05, 3.63) is 18.7 Å². The molecule has 2 rings (SSSR count). The zero-order chi connectivity index (χ0) is 13.7. The summed E-state index contributed by atoms with van der Waals surface area (Å²) in [6, 6.07) is 0. The maximum atomic E-state index is 8.98. The van der Waals surface area contributed by atoms with Gasteiger partial charge in [0.25, 0.3) is 0 Å². The number of nitrogens with zero attached hydrogens (tertiary/aromatic N) is 6. The van der Waals surface area contributed by atoms with E-state index in [1.165, 1.54) is 0 Å². The summed E-state index contributed by atoms with van der Waals surface area (Å²) in [4.78, 5) is 18.7. The highest BCUT2D eigenvalue weighted by atomic mass is 16.3. The minimum atomic E-state index is 0.0408. The van der Waals surface area contributed by atoms with Crippen LogP contribution in [-0.4, -0.2) is 56.4 Å². The first-order valence-corrected chi connectivity index (χ1v) is 6.05. The second-order valence-corrected chi connectivity index (χ2v) is 3.90. The maximum absolute atomic E-state index is 8.98. The standard InChI is InChI=1S/C11H17N7O/c1-3-13-9-14-10(17(2)6-7-19)16-11(15-9)18-5-4-12-8-18/h4-5,8,19H,3,6-7H2,1-2H3,(H,13,14,15,16). The predicted molar refractivity (Wildman–Crippen MR) is 71.5 cm³/mol. The average molecular weight is 263 g/mol. The van der Waals surface area contributed by atoms with E-state index in [1.54, 1.807) is 28.2 Å². The molecule has 0 aliphatic heterocycles. The SMILES string of the molecule is CCNc1nc(N(C)CCO)nc(-n2ccnc2)n1. The van der Waals surface area contributed by atoms with Crippen LogP contribution in [0.1, 0.15) is 6.92 Å². The van der Waals surface area contributed by atoms with Gasteiger partial charge in [0.1, 0.15) is 6.33 Å². The zero-order valence-electron chi connectivity index (χ0n) is 11.0. The van der Waals surface area contributed by atoms with E-state index in [4.69, 9.17) is 5.11 Å². The molecular formula is C11H17N7O. The normalized spacial score (nSPS) is 10.5. The summed E-state index contributed by atoms with van der Waals surface area (Å²) < 4.78 is 1.71. The fourth-order valence-corrected chi connectivity index (χ4v) is 1.50. The summed E-state index contributed by atoms with van der Waals surface area (Å²) in [5, 5.41) is 12.0. The first kappa shape index (κ1) is 13.2. The Hall–Kier alpha value is -2.22. The van der Waals surface area contributed by atoms with Crippen LogP contribution in [0.15, 0.2) is 18.7 Å². The van der Waals surface area contributed by atoms with Crippen molar-refractivity contribution in [1.29, 1.82) is 0 Å². The Morgan fingerprint density at radius 2 is 2.21 bits per heavy atom. The van der Waals surface area contributed by atoms with Gasteiger partial charge in [-0.1, -0.05) is 0 Å². The lowest BCUT2D eigenvalue weighted by Crippen LogP contribution is -2.25. The number of aliphatic hydroxyl groups is 1. The van der Waals surface area contributed by atoms with Gasteiger partial charge in [-0.2, -0.15) is 15.0 Å². The molecule has 0 aliphatic rings. The van der Waals surface area contributed by atoms with Crippen LogP contribution in [0.4, 0.5) is 11.9 Å². The van der Waals surface area contributed by atoms with Crippen molar-refractivity contribution in [3.63, 3.8) is 0 Å². The van der Waals surface area contributed by atoms with Crippen molar-refractivity contribution in [2.75, 3.05) is 37.0 Å². The Balaban J connectivity index is 2.37. The third-order valence-corrected chi connectivity index (χ3v) is 2.46. The van der Waals surface area contributed by atoms with Gasteiger partial charge >= 0.3 is 0 Å². The Kier molecular flexibility index (Phi) is 4.24. The summed E-state index contributed by atoms with van der Waals surface area (Å²) in [5.41, 5.74) is 0. The molecule has 0 spiro atoms. The van der Waals surface area contributed by atoms with Gasteiger partial charge in [-0.25, -0.2) is 4.98 Å². The van der Waals surface area contributed by atoms with Crippen LogP contribution in [0.3, 0.4) is 0 Å². The van der Waals surface area contributed by atoms with Crippen LogP contribution in [0.25, 0.3) is 5.95 Å². The Morgan fingerprint density at radius 3 is 2.84 bits per heavy atom. The molecule has 2 heterocycles. The lowest BCUT2D eigenvalue weighted by molar-refractivity contribution is 0.303. The fourth-order valence-electron chi connectivity index (χ4n) is 1.50. The molecule has 0 radical (unpaired) electrons. The minimum absolute atomic E-state index is 0.0408. The molecule has 2 N–H and O–H groups in total. The molecule has 0 amide bonds. The predicted octanol–water partition coefficient (Wildman–Crippen LogP) is -0.0824. The molecule has 102 valence electrons. The van der Waals surface area contributed by atoms with Gasteiger partial charge in [0.15, 0.2) is 0 Å². The molecule has 19 heavy (non-hydrogen) atoms. The first-order chi connectivity index (χ1) is 9.24. The van der Waals surface area contributed by atoms with E-state index >= 15 is 0 Å². The largest absolute Gasteiger partial charge is 0.395 e. The number of likely N-dealkylation sites (N-methyl/N-ethyl adjacent to an activating group) is 1. The summed E-state index contributed by atoms with van der Waals surface area (Å²) in [5.74, 6) is 1.49. The van der Waals surface area contributed by atoms with Crippen molar-refractivity contribution in [2.24, 2.45) is 0 Å². The van der Waals surface area contributed by atoms with Crippen LogP contribution < -0.4 is 10.2 Å². The van der Waals surface area contributed by atoms with E-state index in [-0.39, 0.29) is 6.61 Å². The van der Waals surface area contributed by atoms with E-state index in [0.717, 1.165) is 6.54 Å². The molecule has 8 nitrogen and oxygen atoms in total. The molecule has 8 heteroatoms. The van der Waals surface area contributed by atoms with E-state index in [0.29, 0.717) is 24.4 Å². The van der Waals surface area contributed by atoms with Gasteiger partial charge in [-0.15, -0.1) is 0 Å². The van der Waals surface area contributed by atoms with Crippen LogP contribution in [0.2, 0.25) is 0 Å². The quantitative estimate of drug-likeness (QED) is 0.753. The highest BCUT2D eigenvalue weighted by Gasteiger charge is 2.10. The van der Waals surface area contributed by atoms with E-state index in [1.807, 2.05) is 14.0 Å². The molecule has 0 saturated carbocycles. The molecule has 2 aromatic rings. The highest BCUT2D eigenvalue weighted by molar-refractivity contribution is 5.39. The lowest BCUT2D eigenvalue weighted by Gasteiger charge is -2.17. The minimum Gasteiger partial charge on any atom is -0.395 e. The third-order valence-electron chi connectivity index (χ3n) is 2.46. The van der Waals surface area contributed by atoms with Crippen molar-refractivity contribution < 1.29 is 5.11 Å². The first-order valence-electron chi connectivity index (χ1n) is 6.05. The average Bonchev–Trinajstić information content (AvgIpc) is 2.93. The van der Waals surface area contributed by atoms with Gasteiger partial charge in [0.05, 0.1) is 6.61 Å². The third kappa shape index (κ3) is 3.16. The molecule has 0 saturated heterocycles. The molecule has 0 fully saturated rings. The van der Waals surface area contributed by atoms with E-state index in [9.17, 15) is 0 Å². The topological polar surface area (TPSA) is 92.0 Å². The van der Waals surface area contributed by atoms with Crippen molar-refractivity contribution in [2.45, 2.75) is 6.92 Å². The lowest BCUT2D eigenvalue weighted by atomic mass is 10.6. The molecular weight excluding hydrogens is 246 g/mol. The number of aromatic nitrogens is 5. The van der Waals surface area contributed by atoms with Crippen molar-refractivity contribution in [1.82, 2.24) is 24.5 Å².